The lowest BCUT2D eigenvalue weighted by molar-refractivity contribution is 0.346. The molecule has 144 valence electrons. The van der Waals surface area contributed by atoms with Crippen molar-refractivity contribution in [3.05, 3.63) is 65.2 Å². The van der Waals surface area contributed by atoms with E-state index in [0.29, 0.717) is 18.9 Å². The number of nitriles is 1. The van der Waals surface area contributed by atoms with Gasteiger partial charge in [0.1, 0.15) is 11.9 Å². The van der Waals surface area contributed by atoms with Crippen LogP contribution in [0.5, 0.6) is 0 Å². The van der Waals surface area contributed by atoms with Crippen LogP contribution in [0.25, 0.3) is 16.8 Å². The largest absolute Gasteiger partial charge is 0.466 e. The zero-order chi connectivity index (χ0) is 20.1. The van der Waals surface area contributed by atoms with E-state index in [-0.39, 0.29) is 6.61 Å². The van der Waals surface area contributed by atoms with Gasteiger partial charge in [0.2, 0.25) is 0 Å². The van der Waals surface area contributed by atoms with Gasteiger partial charge in [-0.15, -0.1) is 11.3 Å². The van der Waals surface area contributed by atoms with Crippen LogP contribution in [0.3, 0.4) is 0 Å². The minimum atomic E-state index is 0.0428. The van der Waals surface area contributed by atoms with Gasteiger partial charge in [-0.25, -0.2) is 9.97 Å². The number of thiazole rings is 1. The Morgan fingerprint density at radius 2 is 1.97 bits per heavy atom. The highest BCUT2D eigenvalue weighted by Crippen LogP contribution is 2.28. The summed E-state index contributed by atoms with van der Waals surface area (Å²) < 4.78 is 5.27. The van der Waals surface area contributed by atoms with Gasteiger partial charge in [0, 0.05) is 23.1 Å². The summed E-state index contributed by atoms with van der Waals surface area (Å²) in [4.78, 5) is 13.5. The number of nitrogens with one attached hydrogen (secondary N) is 1. The van der Waals surface area contributed by atoms with Crippen molar-refractivity contribution in [3.8, 4) is 17.3 Å². The summed E-state index contributed by atoms with van der Waals surface area (Å²) >= 11 is 1.56. The molecule has 0 saturated carbocycles. The van der Waals surface area contributed by atoms with Gasteiger partial charge in [-0.05, 0) is 30.2 Å². The van der Waals surface area contributed by atoms with Crippen LogP contribution in [0.2, 0.25) is 0 Å². The molecule has 0 atom stereocenters. The molecule has 29 heavy (non-hydrogen) atoms. The zero-order valence-electron chi connectivity index (χ0n) is 15.9. The van der Waals surface area contributed by atoms with Crippen molar-refractivity contribution in [2.45, 2.75) is 13.3 Å². The number of nitrogens with zero attached hydrogens (tertiary/aromatic N) is 4. The molecule has 1 aliphatic rings. The number of hydrogen-bond donors (Lipinski definition) is 1. The first-order valence-corrected chi connectivity index (χ1v) is 10.1. The highest BCUT2D eigenvalue weighted by molar-refractivity contribution is 7.14. The van der Waals surface area contributed by atoms with Crippen LogP contribution in [-0.4, -0.2) is 29.0 Å². The van der Waals surface area contributed by atoms with E-state index in [9.17, 15) is 0 Å². The van der Waals surface area contributed by atoms with Gasteiger partial charge in [-0.2, -0.15) is 5.26 Å². The predicted molar refractivity (Wildman–Crippen MR) is 116 cm³/mol. The summed E-state index contributed by atoms with van der Waals surface area (Å²) in [6.07, 6.45) is 2.72. The maximum absolute atomic E-state index is 8.58. The molecule has 0 amide bonds. The molecule has 0 unspecified atom stereocenters. The highest BCUT2D eigenvalue weighted by Gasteiger charge is 2.11. The molecule has 0 radical (unpaired) electrons. The second-order valence-electron chi connectivity index (χ2n) is 6.49. The average Bonchev–Trinajstić information content (AvgIpc) is 3.21. The van der Waals surface area contributed by atoms with Crippen molar-refractivity contribution >= 4 is 33.8 Å². The maximum Gasteiger partial charge on any atom is 0.188 e. The zero-order valence-corrected chi connectivity index (χ0v) is 16.7. The van der Waals surface area contributed by atoms with Crippen LogP contribution < -0.4 is 5.32 Å². The Bertz CT molecular complexity index is 1110. The van der Waals surface area contributed by atoms with E-state index in [2.05, 4.69) is 50.6 Å². The fraction of sp³-hybridized carbons (Fsp3) is 0.182. The summed E-state index contributed by atoms with van der Waals surface area (Å²) in [5.41, 5.74) is 5.25. The number of ether oxygens (including phenoxy) is 1. The Kier molecular flexibility index (Phi) is 5.63. The van der Waals surface area contributed by atoms with Crippen LogP contribution in [0.1, 0.15) is 17.7 Å². The molecule has 0 bridgehead atoms. The van der Waals surface area contributed by atoms with E-state index < -0.39 is 0 Å². The van der Waals surface area contributed by atoms with Crippen molar-refractivity contribution in [2.75, 3.05) is 18.5 Å². The molecular weight excluding hydrogens is 382 g/mol. The number of aliphatic imine (C=N–C) groups is 1. The Morgan fingerprint density at radius 1 is 1.14 bits per heavy atom. The van der Waals surface area contributed by atoms with Crippen molar-refractivity contribution in [2.24, 2.45) is 4.99 Å². The van der Waals surface area contributed by atoms with Gasteiger partial charge in [0.25, 0.3) is 0 Å². The van der Waals surface area contributed by atoms with E-state index in [0.717, 1.165) is 39.0 Å². The van der Waals surface area contributed by atoms with Gasteiger partial charge >= 0.3 is 0 Å². The third-order valence-electron chi connectivity index (χ3n) is 4.43. The van der Waals surface area contributed by atoms with Gasteiger partial charge < -0.3 is 10.1 Å². The number of dihydropyridines is 1. The molecule has 7 heteroatoms. The Hall–Kier alpha value is -3.50. The normalized spacial score (nSPS) is 13.2. The van der Waals surface area contributed by atoms with Crippen molar-refractivity contribution < 1.29 is 4.74 Å². The lowest BCUT2D eigenvalue weighted by Crippen LogP contribution is -2.10. The molecule has 0 saturated heterocycles. The van der Waals surface area contributed by atoms with Gasteiger partial charge in [-0.3, -0.25) is 4.99 Å². The van der Waals surface area contributed by atoms with E-state index in [1.807, 2.05) is 36.6 Å². The van der Waals surface area contributed by atoms with Crippen LogP contribution >= 0.6 is 11.3 Å². The third kappa shape index (κ3) is 4.68. The van der Waals surface area contributed by atoms with Crippen LogP contribution in [0.4, 0.5) is 10.9 Å². The lowest BCUT2D eigenvalue weighted by Gasteiger charge is -2.13. The molecule has 4 rings (SSSR count). The van der Waals surface area contributed by atoms with Gasteiger partial charge in [0.05, 0.1) is 12.2 Å². The minimum Gasteiger partial charge on any atom is -0.466 e. The van der Waals surface area contributed by atoms with Gasteiger partial charge in [0.15, 0.2) is 17.6 Å². The predicted octanol–water partition coefficient (Wildman–Crippen LogP) is 4.98. The lowest BCUT2D eigenvalue weighted by atomic mass is 10.0. The maximum atomic E-state index is 8.58. The summed E-state index contributed by atoms with van der Waals surface area (Å²) in [6.45, 7) is 2.57. The second kappa shape index (κ2) is 8.67. The molecule has 0 fully saturated rings. The summed E-state index contributed by atoms with van der Waals surface area (Å²) in [7, 11) is 0. The van der Waals surface area contributed by atoms with Crippen LogP contribution in [0.15, 0.2) is 58.9 Å². The fourth-order valence-electron chi connectivity index (χ4n) is 2.98. The minimum absolute atomic E-state index is 0.0428. The molecule has 6 nitrogen and oxygen atoms in total. The fourth-order valence-corrected chi connectivity index (χ4v) is 3.71. The topological polar surface area (TPSA) is 83.2 Å². The number of pyridine rings is 1. The van der Waals surface area contributed by atoms with Crippen molar-refractivity contribution in [3.63, 3.8) is 0 Å². The van der Waals surface area contributed by atoms with E-state index in [1.54, 1.807) is 11.3 Å². The molecule has 1 N–H and O–H groups in total. The quantitative estimate of drug-likeness (QED) is 0.652. The smallest absolute Gasteiger partial charge is 0.188 e. The van der Waals surface area contributed by atoms with E-state index >= 15 is 0 Å². The van der Waals surface area contributed by atoms with Gasteiger partial charge in [-0.1, -0.05) is 36.4 Å². The van der Waals surface area contributed by atoms with Crippen LogP contribution in [-0.2, 0) is 4.74 Å². The first-order valence-electron chi connectivity index (χ1n) is 9.20. The number of aromatic nitrogens is 2. The van der Waals surface area contributed by atoms with Crippen molar-refractivity contribution in [1.82, 2.24) is 9.97 Å². The summed E-state index contributed by atoms with van der Waals surface area (Å²) in [6, 6.07) is 16.2. The number of hydrogen-bond acceptors (Lipinski definition) is 7. The molecular formula is C22H19N5OS. The Labute approximate surface area is 173 Å². The third-order valence-corrected chi connectivity index (χ3v) is 5.19. The molecule has 1 aliphatic heterocycles. The second-order valence-corrected chi connectivity index (χ2v) is 7.35. The highest BCUT2D eigenvalue weighted by atomic mass is 32.1. The first kappa shape index (κ1) is 18.8. The molecule has 0 spiro atoms. The first-order chi connectivity index (χ1) is 14.2. The summed E-state index contributed by atoms with van der Waals surface area (Å²) in [5, 5.41) is 14.7. The number of anilines is 2. The van der Waals surface area contributed by atoms with Crippen LogP contribution in [0, 0.1) is 18.3 Å². The number of benzene rings is 1. The molecule has 2 aromatic heterocycles. The van der Waals surface area contributed by atoms with E-state index in [1.165, 1.54) is 0 Å². The van der Waals surface area contributed by atoms with Crippen molar-refractivity contribution in [1.29, 1.82) is 5.26 Å². The Balaban J connectivity index is 1.42. The standard InChI is InChI=1S/C22H19N5OS/c1-15-3-2-4-20(25-15)27-22-26-19(14-29-22)17-7-5-16(6-8-17)18-9-10-21(24-13-18)28-12-11-23/h2-9,14H,10,12-13H2,1H3,(H,25,26,27). The number of rotatable bonds is 5. The molecule has 3 aromatic rings. The summed E-state index contributed by atoms with van der Waals surface area (Å²) in [5.74, 6) is 1.42. The molecule has 1 aromatic carbocycles. The molecule has 3 heterocycles. The monoisotopic (exact) mass is 401 g/mol. The van der Waals surface area contributed by atoms with E-state index in [4.69, 9.17) is 10.00 Å². The average molecular weight is 401 g/mol. The Morgan fingerprint density at radius 3 is 2.69 bits per heavy atom. The molecule has 0 aliphatic carbocycles. The SMILES string of the molecule is Cc1cccc(Nc2nc(-c3ccc(C4=CCC(OCC#N)=NC4)cc3)cs2)n1. The number of aryl methyl sites for hydroxylation is 1.